The largest absolute Gasteiger partial charge is 0.379 e. The Morgan fingerprint density at radius 3 is 2.54 bits per heavy atom. The third kappa shape index (κ3) is 5.33. The van der Waals surface area contributed by atoms with Crippen LogP contribution in [-0.2, 0) is 4.74 Å². The van der Waals surface area contributed by atoms with Gasteiger partial charge in [0.25, 0.3) is 5.91 Å². The van der Waals surface area contributed by atoms with Crippen LogP contribution in [0.15, 0.2) is 6.20 Å². The lowest BCUT2D eigenvalue weighted by Crippen LogP contribution is -2.32. The van der Waals surface area contributed by atoms with Crippen molar-refractivity contribution < 1.29 is 9.53 Å². The Hall–Kier alpha value is -1.89. The van der Waals surface area contributed by atoms with Gasteiger partial charge in [0.2, 0.25) is 5.95 Å². The van der Waals surface area contributed by atoms with Crippen LogP contribution in [0.3, 0.4) is 0 Å². The van der Waals surface area contributed by atoms with E-state index in [2.05, 4.69) is 20.6 Å². The number of nitrogens with two attached hydrogens (primary N) is 1. The predicted octanol–water partition coefficient (Wildman–Crippen LogP) is 2.55. The highest BCUT2D eigenvalue weighted by atomic mass is 16.5. The average molecular weight is 335 g/mol. The van der Waals surface area contributed by atoms with Crippen molar-refractivity contribution in [2.75, 3.05) is 17.2 Å². The van der Waals surface area contributed by atoms with Crippen molar-refractivity contribution >= 4 is 17.7 Å². The van der Waals surface area contributed by atoms with Gasteiger partial charge in [-0.2, -0.15) is 4.98 Å². The number of nitrogens with zero attached hydrogens (tertiary/aromatic N) is 2. The van der Waals surface area contributed by atoms with E-state index in [0.717, 1.165) is 32.3 Å². The average Bonchev–Trinajstić information content (AvgIpc) is 2.48. The summed E-state index contributed by atoms with van der Waals surface area (Å²) in [5, 5.41) is 6.59. The summed E-state index contributed by atoms with van der Waals surface area (Å²) >= 11 is 0. The Bertz CT molecular complexity index is 563. The molecule has 134 valence electrons. The van der Waals surface area contributed by atoms with Gasteiger partial charge < -0.3 is 21.1 Å². The number of carbonyl (C=O) groups excluding carboxylic acids is 1. The van der Waals surface area contributed by atoms with E-state index < -0.39 is 5.91 Å². The Morgan fingerprint density at radius 1 is 1.33 bits per heavy atom. The molecule has 1 aliphatic rings. The second-order valence-electron chi connectivity index (χ2n) is 7.27. The quantitative estimate of drug-likeness (QED) is 0.738. The van der Waals surface area contributed by atoms with Crippen LogP contribution in [0, 0.1) is 0 Å². The highest BCUT2D eigenvalue weighted by Crippen LogP contribution is 2.24. The fourth-order valence-corrected chi connectivity index (χ4v) is 2.87. The molecule has 1 aromatic heterocycles. The normalized spacial score (nSPS) is 21.3. The first-order valence-electron chi connectivity index (χ1n) is 8.61. The summed E-state index contributed by atoms with van der Waals surface area (Å²) in [5.41, 5.74) is 5.49. The third-order valence-corrected chi connectivity index (χ3v) is 3.96. The standard InChI is InChI=1S/C17H29N5O2/c1-5-24-12-8-6-11(7-9-12)20-16-19-10-13(14(18)23)15(21-16)22-17(2,3)4/h10-12H,5-9H2,1-4H3,(H2,18,23)(H2,19,20,21,22). The zero-order chi connectivity index (χ0) is 17.7. The van der Waals surface area contributed by atoms with E-state index in [4.69, 9.17) is 10.5 Å². The molecule has 0 bridgehead atoms. The van der Waals surface area contributed by atoms with Crippen LogP contribution in [-0.4, -0.2) is 40.2 Å². The summed E-state index contributed by atoms with van der Waals surface area (Å²) in [6, 6.07) is 0.323. The number of hydrogen-bond donors (Lipinski definition) is 3. The maximum absolute atomic E-state index is 11.6. The van der Waals surface area contributed by atoms with Crippen LogP contribution in [0.25, 0.3) is 0 Å². The Labute approximate surface area is 143 Å². The minimum absolute atomic E-state index is 0.231. The number of amides is 1. The monoisotopic (exact) mass is 335 g/mol. The zero-order valence-corrected chi connectivity index (χ0v) is 15.1. The number of nitrogens with one attached hydrogen (secondary N) is 2. The minimum atomic E-state index is -0.537. The number of anilines is 2. The first-order chi connectivity index (χ1) is 11.3. The van der Waals surface area contributed by atoms with E-state index in [-0.39, 0.29) is 5.54 Å². The molecule has 0 spiro atoms. The van der Waals surface area contributed by atoms with E-state index in [1.165, 1.54) is 6.20 Å². The lowest BCUT2D eigenvalue weighted by atomic mass is 9.93. The fourth-order valence-electron chi connectivity index (χ4n) is 2.87. The molecule has 1 fully saturated rings. The van der Waals surface area contributed by atoms with E-state index in [0.29, 0.717) is 29.5 Å². The van der Waals surface area contributed by atoms with E-state index >= 15 is 0 Å². The topological polar surface area (TPSA) is 102 Å². The molecule has 0 aromatic carbocycles. The van der Waals surface area contributed by atoms with Gasteiger partial charge in [-0.25, -0.2) is 4.98 Å². The van der Waals surface area contributed by atoms with Gasteiger partial charge in [-0.1, -0.05) is 0 Å². The summed E-state index contributed by atoms with van der Waals surface area (Å²) in [4.78, 5) is 20.3. The number of hydrogen-bond acceptors (Lipinski definition) is 6. The number of rotatable bonds is 6. The summed E-state index contributed by atoms with van der Waals surface area (Å²) in [5.74, 6) is 0.452. The van der Waals surface area contributed by atoms with Crippen LogP contribution in [0.4, 0.5) is 11.8 Å². The molecule has 24 heavy (non-hydrogen) atoms. The molecule has 1 heterocycles. The lowest BCUT2D eigenvalue weighted by Gasteiger charge is -2.29. The van der Waals surface area contributed by atoms with Crippen molar-refractivity contribution in [3.05, 3.63) is 11.8 Å². The molecule has 4 N–H and O–H groups in total. The van der Waals surface area contributed by atoms with Crippen LogP contribution in [0.2, 0.25) is 0 Å². The molecule has 1 amide bonds. The van der Waals surface area contributed by atoms with Gasteiger partial charge in [0.15, 0.2) is 0 Å². The molecule has 0 atom stereocenters. The molecule has 0 unspecified atom stereocenters. The summed E-state index contributed by atoms with van der Waals surface area (Å²) in [7, 11) is 0. The second kappa shape index (κ2) is 7.79. The molecule has 7 heteroatoms. The smallest absolute Gasteiger partial charge is 0.254 e. The van der Waals surface area contributed by atoms with Crippen LogP contribution in [0.1, 0.15) is 63.7 Å². The Balaban J connectivity index is 2.06. The molecule has 1 aliphatic carbocycles. The lowest BCUT2D eigenvalue weighted by molar-refractivity contribution is 0.0346. The van der Waals surface area contributed by atoms with Crippen molar-refractivity contribution in [3.8, 4) is 0 Å². The molecule has 0 saturated heterocycles. The third-order valence-electron chi connectivity index (χ3n) is 3.96. The van der Waals surface area contributed by atoms with Crippen LogP contribution >= 0.6 is 0 Å². The highest BCUT2D eigenvalue weighted by molar-refractivity contribution is 5.97. The van der Waals surface area contributed by atoms with Gasteiger partial charge in [0.1, 0.15) is 5.82 Å². The molecule has 2 rings (SSSR count). The first-order valence-corrected chi connectivity index (χ1v) is 8.61. The second-order valence-corrected chi connectivity index (χ2v) is 7.27. The molecular weight excluding hydrogens is 306 g/mol. The number of aromatic nitrogens is 2. The SMILES string of the molecule is CCOC1CCC(Nc2ncc(C(N)=O)c(NC(C)(C)C)n2)CC1. The van der Waals surface area contributed by atoms with Gasteiger partial charge >= 0.3 is 0 Å². The highest BCUT2D eigenvalue weighted by Gasteiger charge is 2.23. The maximum atomic E-state index is 11.6. The van der Waals surface area contributed by atoms with Crippen molar-refractivity contribution in [2.24, 2.45) is 5.73 Å². The Morgan fingerprint density at radius 2 is 2.00 bits per heavy atom. The van der Waals surface area contributed by atoms with E-state index in [9.17, 15) is 4.79 Å². The van der Waals surface area contributed by atoms with Gasteiger partial charge in [0.05, 0.1) is 11.7 Å². The van der Waals surface area contributed by atoms with Gasteiger partial charge in [-0.15, -0.1) is 0 Å². The van der Waals surface area contributed by atoms with Gasteiger partial charge in [0, 0.05) is 24.4 Å². The summed E-state index contributed by atoms with van der Waals surface area (Å²) < 4.78 is 5.68. The molecular formula is C17H29N5O2. The van der Waals surface area contributed by atoms with Crippen LogP contribution < -0.4 is 16.4 Å². The van der Waals surface area contributed by atoms with Crippen molar-refractivity contribution in [3.63, 3.8) is 0 Å². The number of primary amides is 1. The molecule has 1 saturated carbocycles. The molecule has 0 radical (unpaired) electrons. The zero-order valence-electron chi connectivity index (χ0n) is 15.1. The molecule has 7 nitrogen and oxygen atoms in total. The summed E-state index contributed by atoms with van der Waals surface area (Å²) in [6.45, 7) is 8.80. The van der Waals surface area contributed by atoms with Crippen molar-refractivity contribution in [2.45, 2.75) is 71.1 Å². The van der Waals surface area contributed by atoms with Crippen molar-refractivity contribution in [1.29, 1.82) is 0 Å². The maximum Gasteiger partial charge on any atom is 0.254 e. The predicted molar refractivity (Wildman–Crippen MR) is 95.2 cm³/mol. The Kier molecular flexibility index (Phi) is 5.99. The minimum Gasteiger partial charge on any atom is -0.379 e. The molecule has 0 aliphatic heterocycles. The van der Waals surface area contributed by atoms with Crippen LogP contribution in [0.5, 0.6) is 0 Å². The molecule has 1 aromatic rings. The number of carbonyl (C=O) groups is 1. The van der Waals surface area contributed by atoms with E-state index in [1.54, 1.807) is 0 Å². The van der Waals surface area contributed by atoms with Gasteiger partial charge in [-0.05, 0) is 53.4 Å². The van der Waals surface area contributed by atoms with Gasteiger partial charge in [-0.3, -0.25) is 4.79 Å². The first kappa shape index (κ1) is 18.4. The van der Waals surface area contributed by atoms with Crippen molar-refractivity contribution in [1.82, 2.24) is 9.97 Å². The number of ether oxygens (including phenoxy) is 1. The fraction of sp³-hybridized carbons (Fsp3) is 0.706. The summed E-state index contributed by atoms with van der Waals surface area (Å²) in [6.07, 6.45) is 5.97. The van der Waals surface area contributed by atoms with E-state index in [1.807, 2.05) is 27.7 Å².